The van der Waals surface area contributed by atoms with Crippen molar-refractivity contribution >= 4 is 0 Å². The van der Waals surface area contributed by atoms with E-state index < -0.39 is 18.1 Å². The molecule has 0 aliphatic carbocycles. The normalized spacial score (nSPS) is 16.1. The van der Waals surface area contributed by atoms with E-state index in [1.54, 1.807) is 6.92 Å². The Balaban J connectivity index is 2.65. The van der Waals surface area contributed by atoms with Gasteiger partial charge in [-0.1, -0.05) is 42.5 Å². The van der Waals surface area contributed by atoms with Gasteiger partial charge in [-0.2, -0.15) is 0 Å². The number of rotatable bonds is 8. The number of hydrogen-bond donors (Lipinski definition) is 3. The van der Waals surface area contributed by atoms with Crippen LogP contribution in [-0.4, -0.2) is 34.4 Å². The molecule has 0 fully saturated rings. The Hall–Kier alpha value is -1.20. The highest BCUT2D eigenvalue weighted by Crippen LogP contribution is 2.14. The zero-order valence-electron chi connectivity index (χ0n) is 14.0. The summed E-state index contributed by atoms with van der Waals surface area (Å²) >= 11 is 0. The number of aliphatic hydroxyl groups excluding tert-OH is 2. The van der Waals surface area contributed by atoms with Crippen LogP contribution in [0.25, 0.3) is 0 Å². The van der Waals surface area contributed by atoms with Crippen molar-refractivity contribution in [2.24, 2.45) is 0 Å². The van der Waals surface area contributed by atoms with Gasteiger partial charge < -0.3 is 14.9 Å². The molecule has 0 aliphatic rings. The molecule has 1 rings (SSSR count). The molecule has 4 heteroatoms. The predicted molar refractivity (Wildman–Crippen MR) is 89.4 cm³/mol. The summed E-state index contributed by atoms with van der Waals surface area (Å²) in [7, 11) is 0. The summed E-state index contributed by atoms with van der Waals surface area (Å²) in [6.45, 7) is 11.2. The van der Waals surface area contributed by atoms with Gasteiger partial charge in [0.1, 0.15) is 0 Å². The Labute approximate surface area is 133 Å². The van der Waals surface area contributed by atoms with Gasteiger partial charge in [0.25, 0.3) is 0 Å². The van der Waals surface area contributed by atoms with Gasteiger partial charge in [-0.05, 0) is 46.1 Å². The largest absolute Gasteiger partial charge is 0.387 e. The molecule has 124 valence electrons. The molecular formula is C18H29NO3. The fourth-order valence-electron chi connectivity index (χ4n) is 2.19. The molecule has 0 saturated heterocycles. The molecule has 3 N–H and O–H groups in total. The van der Waals surface area contributed by atoms with Gasteiger partial charge in [0, 0.05) is 6.04 Å². The first-order valence-corrected chi connectivity index (χ1v) is 7.68. The second kappa shape index (κ2) is 8.44. The van der Waals surface area contributed by atoms with E-state index in [0.717, 1.165) is 6.42 Å². The van der Waals surface area contributed by atoms with Crippen LogP contribution in [0.4, 0.5) is 0 Å². The third-order valence-electron chi connectivity index (χ3n) is 3.29. The van der Waals surface area contributed by atoms with Crippen molar-refractivity contribution < 1.29 is 14.9 Å². The van der Waals surface area contributed by atoms with Gasteiger partial charge in [0.05, 0.1) is 11.7 Å². The lowest BCUT2D eigenvalue weighted by atomic mass is 9.98. The molecule has 0 amide bonds. The van der Waals surface area contributed by atoms with Crippen LogP contribution < -0.4 is 5.32 Å². The number of nitrogens with one attached hydrogen (secondary N) is 1. The van der Waals surface area contributed by atoms with Crippen LogP contribution in [0.5, 0.6) is 0 Å². The van der Waals surface area contributed by atoms with Crippen LogP contribution in [-0.2, 0) is 11.2 Å². The van der Waals surface area contributed by atoms with E-state index in [4.69, 9.17) is 4.74 Å². The molecule has 0 heterocycles. The molecule has 1 aromatic rings. The van der Waals surface area contributed by atoms with E-state index in [-0.39, 0.29) is 6.04 Å². The quantitative estimate of drug-likeness (QED) is 0.510. The summed E-state index contributed by atoms with van der Waals surface area (Å²) in [5.74, 6) is 0. The van der Waals surface area contributed by atoms with Crippen LogP contribution in [0.15, 0.2) is 42.5 Å². The van der Waals surface area contributed by atoms with Crippen LogP contribution in [0.3, 0.4) is 0 Å². The van der Waals surface area contributed by atoms with Gasteiger partial charge in [-0.25, -0.2) is 0 Å². The molecule has 0 saturated carbocycles. The Kier molecular flexibility index (Phi) is 7.23. The number of ether oxygens (including phenoxy) is 1. The third kappa shape index (κ3) is 7.18. The van der Waals surface area contributed by atoms with Crippen LogP contribution in [0.2, 0.25) is 0 Å². The average molecular weight is 307 g/mol. The van der Waals surface area contributed by atoms with Crippen molar-refractivity contribution in [3.63, 3.8) is 0 Å². The first kappa shape index (κ1) is 18.8. The molecule has 0 bridgehead atoms. The first-order chi connectivity index (χ1) is 10.2. The number of benzene rings is 1. The average Bonchev–Trinajstić information content (AvgIpc) is 2.41. The molecule has 3 unspecified atom stereocenters. The summed E-state index contributed by atoms with van der Waals surface area (Å²) in [5.41, 5.74) is 1.38. The summed E-state index contributed by atoms with van der Waals surface area (Å²) in [5, 5.41) is 23.2. The van der Waals surface area contributed by atoms with Crippen molar-refractivity contribution in [1.29, 1.82) is 0 Å². The highest BCUT2D eigenvalue weighted by molar-refractivity contribution is 5.15. The maximum atomic E-state index is 10.3. The second-order valence-corrected chi connectivity index (χ2v) is 6.67. The van der Waals surface area contributed by atoms with Gasteiger partial charge in [-0.15, -0.1) is 0 Å². The lowest BCUT2D eigenvalue weighted by Gasteiger charge is -2.30. The standard InChI is InChI=1S/C18H29NO3/c1-13(2)16(20)15(19-17(21)22-18(3,4)5)12-11-14-9-7-6-8-10-14/h6-10,15-17,19-21H,1,11-12H2,2-5H3. The summed E-state index contributed by atoms with van der Waals surface area (Å²) < 4.78 is 5.45. The maximum absolute atomic E-state index is 10.3. The van der Waals surface area contributed by atoms with Crippen molar-refractivity contribution in [3.05, 3.63) is 48.0 Å². The summed E-state index contributed by atoms with van der Waals surface area (Å²) in [6.07, 6.45) is -0.398. The Morgan fingerprint density at radius 2 is 1.82 bits per heavy atom. The molecule has 3 atom stereocenters. The summed E-state index contributed by atoms with van der Waals surface area (Å²) in [4.78, 5) is 0. The molecule has 0 aromatic heterocycles. The molecule has 4 nitrogen and oxygen atoms in total. The fourth-order valence-corrected chi connectivity index (χ4v) is 2.19. The lowest BCUT2D eigenvalue weighted by Crippen LogP contribution is -2.49. The smallest absolute Gasteiger partial charge is 0.214 e. The highest BCUT2D eigenvalue weighted by atomic mass is 16.6. The molecule has 0 radical (unpaired) electrons. The molecule has 0 spiro atoms. The minimum atomic E-state index is -1.13. The molecule has 1 aromatic carbocycles. The van der Waals surface area contributed by atoms with Gasteiger partial charge in [0.2, 0.25) is 6.41 Å². The second-order valence-electron chi connectivity index (χ2n) is 6.67. The monoisotopic (exact) mass is 307 g/mol. The number of hydrogen-bond acceptors (Lipinski definition) is 4. The van der Waals surface area contributed by atoms with Crippen LogP contribution in [0.1, 0.15) is 39.7 Å². The van der Waals surface area contributed by atoms with E-state index in [1.165, 1.54) is 5.56 Å². The van der Waals surface area contributed by atoms with E-state index in [0.29, 0.717) is 12.0 Å². The van der Waals surface area contributed by atoms with Crippen molar-refractivity contribution in [3.8, 4) is 0 Å². The number of aryl methyl sites for hydroxylation is 1. The van der Waals surface area contributed by atoms with Gasteiger partial charge in [-0.3, -0.25) is 5.32 Å². The zero-order valence-corrected chi connectivity index (χ0v) is 14.0. The van der Waals surface area contributed by atoms with E-state index in [2.05, 4.69) is 11.9 Å². The molecular weight excluding hydrogens is 278 g/mol. The molecule has 22 heavy (non-hydrogen) atoms. The van der Waals surface area contributed by atoms with E-state index >= 15 is 0 Å². The minimum absolute atomic E-state index is 0.324. The van der Waals surface area contributed by atoms with Crippen molar-refractivity contribution in [2.75, 3.05) is 0 Å². The fraction of sp³-hybridized carbons (Fsp3) is 0.556. The van der Waals surface area contributed by atoms with Crippen LogP contribution in [0, 0.1) is 0 Å². The Morgan fingerprint density at radius 3 is 2.32 bits per heavy atom. The summed E-state index contributed by atoms with van der Waals surface area (Å²) in [6, 6.07) is 9.73. The zero-order chi connectivity index (χ0) is 16.8. The minimum Gasteiger partial charge on any atom is -0.387 e. The van der Waals surface area contributed by atoms with E-state index in [9.17, 15) is 10.2 Å². The van der Waals surface area contributed by atoms with Gasteiger partial charge in [0.15, 0.2) is 0 Å². The Morgan fingerprint density at radius 1 is 1.23 bits per heavy atom. The Bertz CT molecular complexity index is 453. The molecule has 0 aliphatic heterocycles. The number of aliphatic hydroxyl groups is 2. The first-order valence-electron chi connectivity index (χ1n) is 7.68. The van der Waals surface area contributed by atoms with Crippen molar-refractivity contribution in [2.45, 2.75) is 64.7 Å². The predicted octanol–water partition coefficient (Wildman–Crippen LogP) is 2.61. The lowest BCUT2D eigenvalue weighted by molar-refractivity contribution is -0.188. The maximum Gasteiger partial charge on any atom is 0.214 e. The SMILES string of the molecule is C=C(C)C(O)C(CCc1ccccc1)NC(O)OC(C)(C)C. The topological polar surface area (TPSA) is 61.7 Å². The van der Waals surface area contributed by atoms with Gasteiger partial charge >= 0.3 is 0 Å². The van der Waals surface area contributed by atoms with E-state index in [1.807, 2.05) is 51.1 Å². The van der Waals surface area contributed by atoms with Crippen molar-refractivity contribution in [1.82, 2.24) is 5.32 Å². The highest BCUT2D eigenvalue weighted by Gasteiger charge is 2.24. The third-order valence-corrected chi connectivity index (χ3v) is 3.29. The van der Waals surface area contributed by atoms with Crippen LogP contribution >= 0.6 is 0 Å².